The summed E-state index contributed by atoms with van der Waals surface area (Å²) in [6, 6.07) is 3.30. The molecule has 31 heavy (non-hydrogen) atoms. The van der Waals surface area contributed by atoms with Crippen molar-refractivity contribution in [3.63, 3.8) is 0 Å². The third kappa shape index (κ3) is 3.71. The number of carbonyl (C=O) groups excluding carboxylic acids is 1. The van der Waals surface area contributed by atoms with Gasteiger partial charge in [-0.2, -0.15) is 0 Å². The molecule has 2 aliphatic rings. The Labute approximate surface area is 179 Å². The van der Waals surface area contributed by atoms with E-state index < -0.39 is 22.8 Å². The number of fused-ring (bicyclic) bond motifs is 1. The van der Waals surface area contributed by atoms with Gasteiger partial charge in [0.15, 0.2) is 16.5 Å². The number of halogens is 2. The molecular weight excluding hydrogens is 426 g/mol. The molecule has 1 saturated carbocycles. The molecule has 3 aromatic rings. The SMILES string of the molecule is O=C1c2c(O)c(=O)c(-c3nnc(Cc4ccc(F)cc4F)s3)cn2CCN1CC1CC1. The first-order chi connectivity index (χ1) is 14.9. The Morgan fingerprint density at radius 2 is 1.97 bits per heavy atom. The highest BCUT2D eigenvalue weighted by Crippen LogP contribution is 2.32. The van der Waals surface area contributed by atoms with Crippen LogP contribution in [-0.4, -0.2) is 43.8 Å². The van der Waals surface area contributed by atoms with Gasteiger partial charge in [-0.25, -0.2) is 8.78 Å². The molecule has 2 aromatic heterocycles. The number of aromatic nitrogens is 3. The Kier molecular flexibility index (Phi) is 4.81. The van der Waals surface area contributed by atoms with Gasteiger partial charge < -0.3 is 14.6 Å². The second-order valence-electron chi connectivity index (χ2n) is 7.87. The molecule has 0 bridgehead atoms. The molecule has 7 nitrogen and oxygen atoms in total. The summed E-state index contributed by atoms with van der Waals surface area (Å²) in [5.41, 5.74) is -0.300. The summed E-state index contributed by atoms with van der Waals surface area (Å²) in [5.74, 6) is -1.78. The largest absolute Gasteiger partial charge is 0.503 e. The average Bonchev–Trinajstić information content (AvgIpc) is 3.44. The predicted octanol–water partition coefficient (Wildman–Crippen LogP) is 2.81. The fourth-order valence-corrected chi connectivity index (χ4v) is 4.60. The zero-order valence-corrected chi connectivity index (χ0v) is 17.2. The maximum Gasteiger partial charge on any atom is 0.274 e. The molecule has 0 saturated heterocycles. The Hall–Kier alpha value is -3.14. The van der Waals surface area contributed by atoms with Crippen molar-refractivity contribution in [2.24, 2.45) is 5.92 Å². The van der Waals surface area contributed by atoms with Crippen molar-refractivity contribution in [3.05, 3.63) is 62.5 Å². The predicted molar refractivity (Wildman–Crippen MR) is 109 cm³/mol. The van der Waals surface area contributed by atoms with Gasteiger partial charge >= 0.3 is 0 Å². The second-order valence-corrected chi connectivity index (χ2v) is 8.93. The molecule has 0 radical (unpaired) electrons. The minimum atomic E-state index is -0.691. The molecule has 1 aromatic carbocycles. The van der Waals surface area contributed by atoms with Gasteiger partial charge in [0.25, 0.3) is 5.91 Å². The number of hydrogen-bond acceptors (Lipinski definition) is 6. The first kappa shape index (κ1) is 19.8. The van der Waals surface area contributed by atoms with E-state index in [1.54, 1.807) is 9.47 Å². The van der Waals surface area contributed by atoms with Crippen molar-refractivity contribution in [1.29, 1.82) is 0 Å². The van der Waals surface area contributed by atoms with Crippen LogP contribution in [0.25, 0.3) is 10.6 Å². The van der Waals surface area contributed by atoms with Crippen molar-refractivity contribution < 1.29 is 18.7 Å². The molecule has 1 aliphatic heterocycles. The Bertz CT molecular complexity index is 1250. The van der Waals surface area contributed by atoms with Crippen LogP contribution in [0.4, 0.5) is 8.78 Å². The lowest BCUT2D eigenvalue weighted by atomic mass is 10.1. The van der Waals surface area contributed by atoms with E-state index >= 15 is 0 Å². The van der Waals surface area contributed by atoms with E-state index in [-0.39, 0.29) is 34.2 Å². The van der Waals surface area contributed by atoms with Gasteiger partial charge in [0, 0.05) is 38.3 Å². The summed E-state index contributed by atoms with van der Waals surface area (Å²) in [4.78, 5) is 27.3. The van der Waals surface area contributed by atoms with Crippen LogP contribution in [0.1, 0.15) is 33.9 Å². The summed E-state index contributed by atoms with van der Waals surface area (Å²) >= 11 is 1.08. The maximum atomic E-state index is 13.9. The van der Waals surface area contributed by atoms with E-state index in [0.717, 1.165) is 36.3 Å². The van der Waals surface area contributed by atoms with E-state index in [9.17, 15) is 23.5 Å². The van der Waals surface area contributed by atoms with Gasteiger partial charge in [0.2, 0.25) is 5.43 Å². The van der Waals surface area contributed by atoms with Crippen molar-refractivity contribution in [2.45, 2.75) is 25.8 Å². The first-order valence-corrected chi connectivity index (χ1v) is 10.7. The zero-order chi connectivity index (χ0) is 21.7. The highest BCUT2D eigenvalue weighted by molar-refractivity contribution is 7.14. The van der Waals surface area contributed by atoms with Crippen molar-refractivity contribution >= 4 is 17.2 Å². The summed E-state index contributed by atoms with van der Waals surface area (Å²) in [7, 11) is 0. The van der Waals surface area contributed by atoms with Gasteiger partial charge in [-0.1, -0.05) is 17.4 Å². The molecule has 1 fully saturated rings. The van der Waals surface area contributed by atoms with E-state index in [0.29, 0.717) is 30.6 Å². The topological polar surface area (TPSA) is 88.3 Å². The van der Waals surface area contributed by atoms with Crippen LogP contribution in [0.3, 0.4) is 0 Å². The molecule has 3 heterocycles. The van der Waals surface area contributed by atoms with Crippen molar-refractivity contribution in [2.75, 3.05) is 13.1 Å². The average molecular weight is 444 g/mol. The van der Waals surface area contributed by atoms with Gasteiger partial charge in [-0.15, -0.1) is 10.2 Å². The van der Waals surface area contributed by atoms with Gasteiger partial charge in [-0.05, 0) is 30.4 Å². The first-order valence-electron chi connectivity index (χ1n) is 9.93. The lowest BCUT2D eigenvalue weighted by molar-refractivity contribution is 0.0688. The lowest BCUT2D eigenvalue weighted by Gasteiger charge is -2.30. The lowest BCUT2D eigenvalue weighted by Crippen LogP contribution is -2.42. The minimum Gasteiger partial charge on any atom is -0.503 e. The van der Waals surface area contributed by atoms with E-state index in [1.165, 1.54) is 12.3 Å². The number of hydrogen-bond donors (Lipinski definition) is 1. The quantitative estimate of drug-likeness (QED) is 0.654. The number of benzene rings is 1. The molecule has 5 rings (SSSR count). The Morgan fingerprint density at radius 3 is 2.71 bits per heavy atom. The van der Waals surface area contributed by atoms with Crippen LogP contribution in [0, 0.1) is 17.6 Å². The van der Waals surface area contributed by atoms with Gasteiger partial charge in [-0.3, -0.25) is 9.59 Å². The molecule has 1 aliphatic carbocycles. The van der Waals surface area contributed by atoms with Crippen LogP contribution in [0.2, 0.25) is 0 Å². The zero-order valence-electron chi connectivity index (χ0n) is 16.3. The minimum absolute atomic E-state index is 0.00114. The molecular formula is C21H18F2N4O3S. The molecule has 1 N–H and O–H groups in total. The number of carbonyl (C=O) groups is 1. The van der Waals surface area contributed by atoms with E-state index in [2.05, 4.69) is 10.2 Å². The number of nitrogens with zero attached hydrogens (tertiary/aromatic N) is 4. The van der Waals surface area contributed by atoms with Crippen LogP contribution < -0.4 is 5.43 Å². The molecule has 0 atom stereocenters. The summed E-state index contributed by atoms with van der Waals surface area (Å²) in [6.07, 6.45) is 3.81. The maximum absolute atomic E-state index is 13.9. The van der Waals surface area contributed by atoms with E-state index in [4.69, 9.17) is 0 Å². The highest BCUT2D eigenvalue weighted by atomic mass is 32.1. The summed E-state index contributed by atoms with van der Waals surface area (Å²) in [5, 5.41) is 19.2. The highest BCUT2D eigenvalue weighted by Gasteiger charge is 2.33. The number of rotatable bonds is 5. The molecule has 0 unspecified atom stereocenters. The van der Waals surface area contributed by atoms with Crippen LogP contribution in [-0.2, 0) is 13.0 Å². The Balaban J connectivity index is 1.44. The van der Waals surface area contributed by atoms with Crippen LogP contribution in [0.15, 0.2) is 29.2 Å². The van der Waals surface area contributed by atoms with Crippen LogP contribution >= 0.6 is 11.3 Å². The number of amides is 1. The summed E-state index contributed by atoms with van der Waals surface area (Å²) < 4.78 is 28.6. The van der Waals surface area contributed by atoms with Crippen molar-refractivity contribution in [1.82, 2.24) is 19.7 Å². The summed E-state index contributed by atoms with van der Waals surface area (Å²) in [6.45, 7) is 1.62. The number of aromatic hydroxyl groups is 1. The molecule has 1 amide bonds. The molecule has 10 heteroatoms. The third-order valence-electron chi connectivity index (χ3n) is 5.59. The fourth-order valence-electron chi connectivity index (χ4n) is 3.73. The van der Waals surface area contributed by atoms with Crippen LogP contribution in [0.5, 0.6) is 5.75 Å². The molecule has 160 valence electrons. The van der Waals surface area contributed by atoms with Crippen molar-refractivity contribution in [3.8, 4) is 16.3 Å². The van der Waals surface area contributed by atoms with Gasteiger partial charge in [0.05, 0.1) is 5.56 Å². The normalized spacial score (nSPS) is 15.9. The Morgan fingerprint density at radius 1 is 1.16 bits per heavy atom. The fraction of sp³-hybridized carbons (Fsp3) is 0.333. The van der Waals surface area contributed by atoms with E-state index in [1.807, 2.05) is 0 Å². The third-order valence-corrected chi connectivity index (χ3v) is 6.54. The smallest absolute Gasteiger partial charge is 0.274 e. The van der Waals surface area contributed by atoms with Gasteiger partial charge in [0.1, 0.15) is 16.6 Å². The molecule has 0 spiro atoms. The monoisotopic (exact) mass is 444 g/mol. The standard InChI is InChI=1S/C21H18F2N4O3S/c22-13-4-3-12(15(23)8-13)7-16-24-25-20(31-16)14-10-26-5-6-27(9-11-1-2-11)21(30)17(26)19(29)18(14)28/h3-4,8,10-11,29H,1-2,5-7,9H2. The second kappa shape index (κ2) is 7.52. The number of pyridine rings is 1.